The van der Waals surface area contributed by atoms with Gasteiger partial charge in [0.1, 0.15) is 6.04 Å². The molecule has 9 heteroatoms. The quantitative estimate of drug-likeness (QED) is 0.869. The van der Waals surface area contributed by atoms with Gasteiger partial charge in [-0.05, 0) is 49.9 Å². The van der Waals surface area contributed by atoms with Gasteiger partial charge in [0.05, 0.1) is 0 Å². The summed E-state index contributed by atoms with van der Waals surface area (Å²) in [6.07, 6.45) is 0. The molecule has 22 heavy (non-hydrogen) atoms. The van der Waals surface area contributed by atoms with Crippen LogP contribution in [0.5, 0.6) is 0 Å². The number of halogens is 3. The van der Waals surface area contributed by atoms with Crippen molar-refractivity contribution in [1.82, 2.24) is 15.5 Å². The first-order valence-electron chi connectivity index (χ1n) is 6.21. The van der Waals surface area contributed by atoms with Gasteiger partial charge in [-0.25, -0.2) is 0 Å². The number of hydrogen-bond acceptors (Lipinski definition) is 5. The van der Waals surface area contributed by atoms with E-state index in [2.05, 4.69) is 15.5 Å². The highest BCUT2D eigenvalue weighted by Gasteiger charge is 2.29. The van der Waals surface area contributed by atoms with E-state index in [1.54, 1.807) is 13.8 Å². The molecule has 0 aliphatic rings. The van der Waals surface area contributed by atoms with Crippen LogP contribution in [-0.2, 0) is 0 Å². The number of amides is 1. The molecule has 118 valence electrons. The van der Waals surface area contributed by atoms with E-state index in [1.165, 1.54) is 24.3 Å². The Morgan fingerprint density at radius 3 is 2.45 bits per heavy atom. The Labute approximate surface area is 128 Å². The van der Waals surface area contributed by atoms with Crippen LogP contribution in [0.25, 0.3) is 0 Å². The predicted octanol–water partition coefficient (Wildman–Crippen LogP) is 3.48. The third kappa shape index (κ3) is 4.48. The topological polar surface area (TPSA) is 68.0 Å². The van der Waals surface area contributed by atoms with Crippen LogP contribution in [0.4, 0.5) is 13.2 Å². The molecule has 0 aliphatic carbocycles. The van der Waals surface area contributed by atoms with Crippen LogP contribution < -0.4 is 5.32 Å². The van der Waals surface area contributed by atoms with E-state index in [0.29, 0.717) is 5.82 Å². The summed E-state index contributed by atoms with van der Waals surface area (Å²) in [5.74, 6) is 0.270. The number of benzene rings is 1. The summed E-state index contributed by atoms with van der Waals surface area (Å²) in [5.41, 5.74) is -4.11. The van der Waals surface area contributed by atoms with Gasteiger partial charge in [0.2, 0.25) is 5.89 Å². The van der Waals surface area contributed by atoms with Gasteiger partial charge in [0.25, 0.3) is 5.91 Å². The second-order valence-corrected chi connectivity index (χ2v) is 5.59. The molecule has 1 amide bonds. The fourth-order valence-corrected chi connectivity index (χ4v) is 2.18. The van der Waals surface area contributed by atoms with Gasteiger partial charge in [0.15, 0.2) is 5.82 Å². The molecule has 0 fully saturated rings. The Morgan fingerprint density at radius 2 is 1.95 bits per heavy atom. The largest absolute Gasteiger partial charge is 0.446 e. The van der Waals surface area contributed by atoms with Gasteiger partial charge in [-0.15, -0.1) is 0 Å². The van der Waals surface area contributed by atoms with Crippen LogP contribution in [0.1, 0.15) is 35.0 Å². The summed E-state index contributed by atoms with van der Waals surface area (Å²) in [6.45, 7) is 3.32. The van der Waals surface area contributed by atoms with E-state index in [1.807, 2.05) is 0 Å². The maximum Gasteiger partial charge on any atom is 0.446 e. The Balaban J connectivity index is 2.00. The van der Waals surface area contributed by atoms with Gasteiger partial charge >= 0.3 is 5.51 Å². The molecule has 0 radical (unpaired) electrons. The van der Waals surface area contributed by atoms with Gasteiger partial charge in [0, 0.05) is 10.5 Å². The molecule has 1 unspecified atom stereocenters. The van der Waals surface area contributed by atoms with Crippen LogP contribution in [-0.4, -0.2) is 21.6 Å². The number of rotatable bonds is 4. The third-order valence-corrected chi connectivity index (χ3v) is 3.35. The smallest absolute Gasteiger partial charge is 0.341 e. The lowest BCUT2D eigenvalue weighted by atomic mass is 10.2. The molecule has 2 rings (SSSR count). The molecular weight excluding hydrogens is 319 g/mol. The lowest BCUT2D eigenvalue weighted by Crippen LogP contribution is -2.26. The molecule has 1 aromatic carbocycles. The molecule has 0 saturated heterocycles. The Bertz CT molecular complexity index is 655. The van der Waals surface area contributed by atoms with E-state index < -0.39 is 17.5 Å². The van der Waals surface area contributed by atoms with E-state index >= 15 is 0 Å². The van der Waals surface area contributed by atoms with Gasteiger partial charge in [-0.1, -0.05) is 5.16 Å². The summed E-state index contributed by atoms with van der Waals surface area (Å²) in [7, 11) is 0. The predicted molar refractivity (Wildman–Crippen MR) is 73.3 cm³/mol. The molecule has 0 saturated carbocycles. The summed E-state index contributed by atoms with van der Waals surface area (Å²) in [6, 6.07) is 4.64. The number of carbonyl (C=O) groups excluding carboxylic acids is 1. The van der Waals surface area contributed by atoms with Crippen molar-refractivity contribution in [2.24, 2.45) is 0 Å². The van der Waals surface area contributed by atoms with Crippen molar-refractivity contribution in [2.75, 3.05) is 0 Å². The zero-order valence-electron chi connectivity index (χ0n) is 11.6. The van der Waals surface area contributed by atoms with E-state index in [-0.39, 0.29) is 28.1 Å². The van der Waals surface area contributed by atoms with Crippen LogP contribution >= 0.6 is 11.8 Å². The van der Waals surface area contributed by atoms with Crippen molar-refractivity contribution in [1.29, 1.82) is 0 Å². The normalized spacial score (nSPS) is 13.0. The lowest BCUT2D eigenvalue weighted by Gasteiger charge is -2.10. The second-order valence-electron chi connectivity index (χ2n) is 4.45. The van der Waals surface area contributed by atoms with Crippen LogP contribution in [0.2, 0.25) is 0 Å². The summed E-state index contributed by atoms with van der Waals surface area (Å²) in [5, 5.41) is 6.25. The number of alkyl halides is 3. The number of aryl methyl sites for hydroxylation is 1. The second kappa shape index (κ2) is 6.39. The number of nitrogens with zero attached hydrogens (tertiary/aromatic N) is 2. The first-order valence-corrected chi connectivity index (χ1v) is 7.03. The zero-order valence-corrected chi connectivity index (χ0v) is 12.5. The Hall–Kier alpha value is -2.03. The van der Waals surface area contributed by atoms with Crippen molar-refractivity contribution in [3.8, 4) is 0 Å². The fraction of sp³-hybridized carbons (Fsp3) is 0.308. The highest BCUT2D eigenvalue weighted by Crippen LogP contribution is 2.36. The minimum Gasteiger partial charge on any atom is -0.341 e. The Morgan fingerprint density at radius 1 is 1.32 bits per heavy atom. The molecule has 2 aromatic rings. The number of carbonyl (C=O) groups is 1. The molecule has 0 bridgehead atoms. The number of aromatic nitrogens is 2. The minimum absolute atomic E-state index is 0.0182. The summed E-state index contributed by atoms with van der Waals surface area (Å²) < 4.78 is 41.6. The molecule has 0 spiro atoms. The maximum absolute atomic E-state index is 12.2. The van der Waals surface area contributed by atoms with Crippen molar-refractivity contribution in [3.63, 3.8) is 0 Å². The van der Waals surface area contributed by atoms with Gasteiger partial charge in [-0.2, -0.15) is 18.2 Å². The summed E-state index contributed by atoms with van der Waals surface area (Å²) in [4.78, 5) is 16.0. The van der Waals surface area contributed by atoms with Crippen LogP contribution in [0, 0.1) is 6.92 Å². The monoisotopic (exact) mass is 331 g/mol. The van der Waals surface area contributed by atoms with Crippen LogP contribution in [0.3, 0.4) is 0 Å². The SMILES string of the molecule is Cc1noc(C(C)NC(=O)c2ccc(SC(F)(F)F)cc2)n1. The number of hydrogen-bond donors (Lipinski definition) is 1. The van der Waals surface area contributed by atoms with Crippen molar-refractivity contribution < 1.29 is 22.5 Å². The van der Waals surface area contributed by atoms with E-state index in [4.69, 9.17) is 4.52 Å². The Kier molecular flexibility index (Phi) is 4.74. The average Bonchev–Trinajstić information content (AvgIpc) is 2.84. The highest BCUT2D eigenvalue weighted by atomic mass is 32.2. The molecule has 1 N–H and O–H groups in total. The molecule has 1 atom stereocenters. The van der Waals surface area contributed by atoms with E-state index in [0.717, 1.165) is 0 Å². The third-order valence-electron chi connectivity index (χ3n) is 2.61. The zero-order chi connectivity index (χ0) is 16.3. The number of nitrogens with one attached hydrogen (secondary N) is 1. The van der Waals surface area contributed by atoms with Crippen molar-refractivity contribution in [3.05, 3.63) is 41.5 Å². The van der Waals surface area contributed by atoms with E-state index in [9.17, 15) is 18.0 Å². The average molecular weight is 331 g/mol. The van der Waals surface area contributed by atoms with Gasteiger partial charge in [-0.3, -0.25) is 4.79 Å². The van der Waals surface area contributed by atoms with Crippen molar-refractivity contribution in [2.45, 2.75) is 30.3 Å². The first-order chi connectivity index (χ1) is 10.2. The standard InChI is InChI=1S/C13H12F3N3O2S/c1-7(12-18-8(2)19-21-12)17-11(20)9-3-5-10(6-4-9)22-13(14,15)16/h3-7H,1-2H3,(H,17,20). The molecular formula is C13H12F3N3O2S. The summed E-state index contributed by atoms with van der Waals surface area (Å²) >= 11 is -0.230. The maximum atomic E-state index is 12.2. The molecule has 1 heterocycles. The fourth-order valence-electron chi connectivity index (χ4n) is 1.64. The van der Waals surface area contributed by atoms with Crippen molar-refractivity contribution >= 4 is 17.7 Å². The highest BCUT2D eigenvalue weighted by molar-refractivity contribution is 8.00. The van der Waals surface area contributed by atoms with Gasteiger partial charge < -0.3 is 9.84 Å². The van der Waals surface area contributed by atoms with Crippen LogP contribution in [0.15, 0.2) is 33.7 Å². The molecule has 1 aromatic heterocycles. The first kappa shape index (κ1) is 16.3. The minimum atomic E-state index is -4.35. The lowest BCUT2D eigenvalue weighted by molar-refractivity contribution is -0.0328. The molecule has 5 nitrogen and oxygen atoms in total. The molecule has 0 aliphatic heterocycles. The number of thioether (sulfide) groups is 1.